The molecule has 0 saturated carbocycles. The number of carbonyl (C=O) groups is 1. The average Bonchev–Trinajstić information content (AvgIpc) is 3.33. The first kappa shape index (κ1) is 18.1. The van der Waals surface area contributed by atoms with Crippen LogP contribution in [0.3, 0.4) is 0 Å². The van der Waals surface area contributed by atoms with Crippen LogP contribution in [-0.4, -0.2) is 30.5 Å². The van der Waals surface area contributed by atoms with E-state index in [4.69, 9.17) is 10.2 Å². The molecule has 1 fully saturated rings. The average molecular weight is 398 g/mol. The number of benzene rings is 1. The first-order valence-electron chi connectivity index (χ1n) is 9.19. The van der Waals surface area contributed by atoms with Crippen LogP contribution in [0.1, 0.15) is 35.8 Å². The van der Waals surface area contributed by atoms with E-state index in [9.17, 15) is 4.79 Å². The molecule has 1 unspecified atom stereocenters. The van der Waals surface area contributed by atoms with Crippen molar-refractivity contribution < 1.29 is 9.69 Å². The van der Waals surface area contributed by atoms with Gasteiger partial charge in [0.1, 0.15) is 16.1 Å². The van der Waals surface area contributed by atoms with Gasteiger partial charge in [-0.05, 0) is 36.4 Å². The van der Waals surface area contributed by atoms with Crippen molar-refractivity contribution in [3.63, 3.8) is 0 Å². The van der Waals surface area contributed by atoms with Crippen LogP contribution in [0, 0.1) is 11.3 Å². The van der Waals surface area contributed by atoms with Gasteiger partial charge in [-0.15, -0.1) is 22.7 Å². The molecule has 27 heavy (non-hydrogen) atoms. The molecule has 1 amide bonds. The quantitative estimate of drug-likeness (QED) is 0.695. The van der Waals surface area contributed by atoms with Crippen molar-refractivity contribution in [1.82, 2.24) is 4.98 Å². The number of aromatic nitrogens is 1. The summed E-state index contributed by atoms with van der Waals surface area (Å²) in [6.07, 6.45) is 2.82. The minimum absolute atomic E-state index is 0.0106. The molecule has 3 heterocycles. The number of amides is 1. The molecular weight excluding hydrogens is 376 g/mol. The first-order chi connectivity index (χ1) is 13.2. The smallest absolute Gasteiger partial charge is 0.230 e. The largest absolute Gasteiger partial charge is 0.334 e. The summed E-state index contributed by atoms with van der Waals surface area (Å²) in [6, 6.07) is 12.1. The number of quaternary nitrogens is 1. The number of nitrogens with zero attached hydrogens (tertiary/aromatic N) is 2. The van der Waals surface area contributed by atoms with Gasteiger partial charge in [0, 0.05) is 0 Å². The summed E-state index contributed by atoms with van der Waals surface area (Å²) in [5.41, 5.74) is 1.63. The van der Waals surface area contributed by atoms with Gasteiger partial charge in [0.25, 0.3) is 0 Å². The van der Waals surface area contributed by atoms with Gasteiger partial charge in [0.2, 0.25) is 5.91 Å². The maximum atomic E-state index is 12.3. The molecule has 138 valence electrons. The third kappa shape index (κ3) is 4.19. The monoisotopic (exact) mass is 397 g/mol. The summed E-state index contributed by atoms with van der Waals surface area (Å²) in [5, 5.41) is 15.6. The zero-order chi connectivity index (χ0) is 18.6. The number of nitriles is 1. The predicted molar refractivity (Wildman–Crippen MR) is 109 cm³/mol. The summed E-state index contributed by atoms with van der Waals surface area (Å²) in [6.45, 7) is 2.97. The summed E-state index contributed by atoms with van der Waals surface area (Å²) < 4.78 is 1.25. The molecular formula is C20H21N4OS2+. The molecule has 0 bridgehead atoms. The number of likely N-dealkylation sites (tertiary alicyclic amines) is 1. The lowest BCUT2D eigenvalue weighted by Crippen LogP contribution is -3.13. The maximum absolute atomic E-state index is 12.3. The molecule has 2 N–H and O–H groups in total. The van der Waals surface area contributed by atoms with E-state index in [-0.39, 0.29) is 5.91 Å². The lowest BCUT2D eigenvalue weighted by Gasteiger charge is -2.28. The van der Waals surface area contributed by atoms with Crippen molar-refractivity contribution in [3.8, 4) is 6.07 Å². The van der Waals surface area contributed by atoms with Crippen molar-refractivity contribution in [3.05, 3.63) is 46.3 Å². The highest BCUT2D eigenvalue weighted by Gasteiger charge is 2.27. The normalized spacial score (nSPS) is 19.7. The summed E-state index contributed by atoms with van der Waals surface area (Å²) in [4.78, 5) is 18.5. The van der Waals surface area contributed by atoms with Crippen molar-refractivity contribution in [2.45, 2.75) is 25.2 Å². The number of anilines is 1. The van der Waals surface area contributed by atoms with E-state index in [1.807, 2.05) is 11.4 Å². The number of thiazole rings is 1. The second-order valence-electron chi connectivity index (χ2n) is 6.89. The summed E-state index contributed by atoms with van der Waals surface area (Å²) >= 11 is 3.20. The van der Waals surface area contributed by atoms with Crippen molar-refractivity contribution in [1.29, 1.82) is 5.26 Å². The van der Waals surface area contributed by atoms with Crippen LogP contribution in [0.5, 0.6) is 0 Å². The maximum Gasteiger partial charge on any atom is 0.230 e. The Kier molecular flexibility index (Phi) is 5.48. The Labute approximate surface area is 166 Å². The van der Waals surface area contributed by atoms with Gasteiger partial charge >= 0.3 is 0 Å². The number of rotatable bonds is 5. The van der Waals surface area contributed by atoms with Crippen LogP contribution in [0.4, 0.5) is 5.00 Å². The van der Waals surface area contributed by atoms with Gasteiger partial charge < -0.3 is 10.2 Å². The number of para-hydroxylation sites is 1. The molecule has 1 saturated heterocycles. The molecule has 0 aliphatic carbocycles. The van der Waals surface area contributed by atoms with E-state index in [2.05, 4.69) is 29.6 Å². The molecule has 2 aromatic heterocycles. The van der Waals surface area contributed by atoms with Crippen molar-refractivity contribution >= 4 is 43.8 Å². The Morgan fingerprint density at radius 3 is 3.11 bits per heavy atom. The Balaban J connectivity index is 1.33. The first-order valence-corrected chi connectivity index (χ1v) is 10.9. The third-order valence-electron chi connectivity index (χ3n) is 5.02. The predicted octanol–water partition coefficient (Wildman–Crippen LogP) is 3.02. The highest BCUT2D eigenvalue weighted by atomic mass is 32.1. The number of fused-ring (bicyclic) bond motifs is 1. The number of thiophene rings is 1. The van der Waals surface area contributed by atoms with E-state index < -0.39 is 0 Å². The topological polar surface area (TPSA) is 70.2 Å². The Morgan fingerprint density at radius 2 is 2.26 bits per heavy atom. The molecule has 7 heteroatoms. The number of carbonyl (C=O) groups excluding carboxylic acids is 1. The van der Waals surface area contributed by atoms with Gasteiger partial charge in [0.05, 0.1) is 47.8 Å². The van der Waals surface area contributed by atoms with E-state index in [1.54, 1.807) is 17.4 Å². The van der Waals surface area contributed by atoms with Gasteiger partial charge in [-0.1, -0.05) is 12.1 Å². The van der Waals surface area contributed by atoms with E-state index in [1.165, 1.54) is 38.8 Å². The van der Waals surface area contributed by atoms with Crippen LogP contribution in [0.25, 0.3) is 10.2 Å². The molecule has 1 aromatic carbocycles. The lowest BCUT2D eigenvalue weighted by atomic mass is 9.98. The highest BCUT2D eigenvalue weighted by molar-refractivity contribution is 7.18. The molecule has 5 nitrogen and oxygen atoms in total. The fourth-order valence-corrected chi connectivity index (χ4v) is 5.48. The highest BCUT2D eigenvalue weighted by Crippen LogP contribution is 2.30. The number of hydrogen-bond donors (Lipinski definition) is 2. The number of nitrogens with one attached hydrogen (secondary N) is 2. The van der Waals surface area contributed by atoms with Gasteiger partial charge in [-0.25, -0.2) is 4.98 Å². The van der Waals surface area contributed by atoms with Crippen LogP contribution < -0.4 is 10.2 Å². The van der Waals surface area contributed by atoms with Crippen LogP contribution >= 0.6 is 22.7 Å². The summed E-state index contributed by atoms with van der Waals surface area (Å²) in [5.74, 6) is 0.472. The zero-order valence-electron chi connectivity index (χ0n) is 14.9. The lowest BCUT2D eigenvalue weighted by molar-refractivity contribution is -0.905. The van der Waals surface area contributed by atoms with E-state index >= 15 is 0 Å². The number of hydrogen-bond acceptors (Lipinski definition) is 5. The second kappa shape index (κ2) is 8.17. The molecule has 4 rings (SSSR count). The Bertz CT molecular complexity index is 954. The third-order valence-corrected chi connectivity index (χ3v) is 7.05. The van der Waals surface area contributed by atoms with Crippen molar-refractivity contribution in [2.24, 2.45) is 0 Å². The molecule has 3 aromatic rings. The van der Waals surface area contributed by atoms with Gasteiger partial charge in [0.15, 0.2) is 0 Å². The van der Waals surface area contributed by atoms with E-state index in [0.717, 1.165) is 25.2 Å². The molecule has 1 aliphatic heterocycles. The molecule has 0 spiro atoms. The second-order valence-corrected chi connectivity index (χ2v) is 8.86. The van der Waals surface area contributed by atoms with Crippen LogP contribution in [0.15, 0.2) is 35.7 Å². The van der Waals surface area contributed by atoms with Crippen molar-refractivity contribution in [2.75, 3.05) is 25.0 Å². The standard InChI is InChI=1S/C20H20N4OS2/c21-12-14-8-11-26-19(14)23-18(25)7-10-24-9-3-4-15(13-24)20-22-16-5-1-2-6-17(16)27-20/h1-2,5-6,8,11,15H,3-4,7,9-10,13H2,(H,23,25)/p+1/t15-/m0/s1. The summed E-state index contributed by atoms with van der Waals surface area (Å²) in [7, 11) is 0. The SMILES string of the molecule is N#Cc1ccsc1NC(=O)CC[NH+]1CCC[C@H](c2nc3ccccc3s2)C1. The molecule has 1 aliphatic rings. The Morgan fingerprint density at radius 1 is 1.37 bits per heavy atom. The zero-order valence-corrected chi connectivity index (χ0v) is 16.5. The van der Waals surface area contributed by atoms with Crippen LogP contribution in [0.2, 0.25) is 0 Å². The van der Waals surface area contributed by atoms with Gasteiger partial charge in [-0.2, -0.15) is 5.26 Å². The van der Waals surface area contributed by atoms with Gasteiger partial charge in [-0.3, -0.25) is 4.79 Å². The fraction of sp³-hybridized carbons (Fsp3) is 0.350. The van der Waals surface area contributed by atoms with Crippen LogP contribution in [-0.2, 0) is 4.79 Å². The molecule has 2 atom stereocenters. The fourth-order valence-electron chi connectivity index (χ4n) is 3.63. The minimum Gasteiger partial charge on any atom is -0.334 e. The minimum atomic E-state index is -0.0106. The number of piperidine rings is 1. The Hall–Kier alpha value is -2.27. The van der Waals surface area contributed by atoms with E-state index in [0.29, 0.717) is 22.9 Å². The molecule has 0 radical (unpaired) electrons.